The van der Waals surface area contributed by atoms with Crippen molar-refractivity contribution < 1.29 is 13.9 Å². The number of nitrogens with zero attached hydrogens (tertiary/aromatic N) is 1. The fraction of sp³-hybridized carbons (Fsp3) is 0.350. The van der Waals surface area contributed by atoms with Crippen LogP contribution in [0, 0.1) is 12.7 Å². The molecule has 2 aromatic carbocycles. The average Bonchev–Trinajstić information content (AvgIpc) is 2.60. The number of amides is 1. The summed E-state index contributed by atoms with van der Waals surface area (Å²) < 4.78 is 23.3. The van der Waals surface area contributed by atoms with E-state index in [0.29, 0.717) is 23.5 Å². The molecule has 0 saturated heterocycles. The predicted molar refractivity (Wildman–Crippen MR) is 105 cm³/mol. The van der Waals surface area contributed by atoms with Gasteiger partial charge >= 0.3 is 6.09 Å². The predicted octanol–water partition coefficient (Wildman–Crippen LogP) is 5.82. The molecule has 4 nitrogen and oxygen atoms in total. The number of fused-ring (bicyclic) bond motifs is 1. The highest BCUT2D eigenvalue weighted by atomic mass is 32.2. The van der Waals surface area contributed by atoms with E-state index in [0.717, 1.165) is 12.2 Å². The summed E-state index contributed by atoms with van der Waals surface area (Å²) in [5.74, 6) is 0.365. The van der Waals surface area contributed by atoms with E-state index in [2.05, 4.69) is 35.9 Å². The number of cyclic esters (lactones) is 1. The van der Waals surface area contributed by atoms with Crippen molar-refractivity contribution in [3.63, 3.8) is 0 Å². The standard InChI is InChI=1S/C20H23FN2O2S/c1-4-9-23-19-17(14(3)25-20(23)24)10-16(11-18(19)21)22-26-12-15-7-5-13(2)6-8-15/h5-8,10-11,14,22H,4,9,12H2,1-3H3. The van der Waals surface area contributed by atoms with Gasteiger partial charge in [0.05, 0.1) is 5.69 Å². The van der Waals surface area contributed by atoms with Gasteiger partial charge in [-0.15, -0.1) is 0 Å². The van der Waals surface area contributed by atoms with E-state index in [4.69, 9.17) is 4.74 Å². The van der Waals surface area contributed by atoms with E-state index >= 15 is 0 Å². The van der Waals surface area contributed by atoms with E-state index in [1.807, 2.05) is 13.0 Å². The van der Waals surface area contributed by atoms with Crippen LogP contribution in [0.2, 0.25) is 0 Å². The van der Waals surface area contributed by atoms with Gasteiger partial charge < -0.3 is 9.46 Å². The lowest BCUT2D eigenvalue weighted by Gasteiger charge is -2.33. The lowest BCUT2D eigenvalue weighted by atomic mass is 10.0. The number of benzene rings is 2. The molecule has 0 aliphatic carbocycles. The van der Waals surface area contributed by atoms with Gasteiger partial charge in [0.1, 0.15) is 11.9 Å². The number of carbonyl (C=O) groups is 1. The maximum absolute atomic E-state index is 14.7. The zero-order valence-electron chi connectivity index (χ0n) is 15.2. The summed E-state index contributed by atoms with van der Waals surface area (Å²) in [5.41, 5.74) is 4.12. The number of rotatable bonds is 6. The Morgan fingerprint density at radius 3 is 2.69 bits per heavy atom. The second-order valence-corrected chi connectivity index (χ2v) is 7.23. The molecule has 3 rings (SSSR count). The molecule has 1 atom stereocenters. The number of ether oxygens (including phenoxy) is 1. The second-order valence-electron chi connectivity index (χ2n) is 6.45. The Kier molecular flexibility index (Phi) is 5.71. The molecule has 2 aromatic rings. The second kappa shape index (κ2) is 7.99. The molecule has 1 unspecified atom stereocenters. The molecule has 0 bridgehead atoms. The molecular weight excluding hydrogens is 351 g/mol. The van der Waals surface area contributed by atoms with Crippen LogP contribution in [0.3, 0.4) is 0 Å². The van der Waals surface area contributed by atoms with Crippen molar-refractivity contribution in [2.75, 3.05) is 16.2 Å². The number of aryl methyl sites for hydroxylation is 1. The van der Waals surface area contributed by atoms with E-state index in [9.17, 15) is 9.18 Å². The molecule has 6 heteroatoms. The number of carbonyl (C=O) groups excluding carboxylic acids is 1. The highest BCUT2D eigenvalue weighted by Gasteiger charge is 2.32. The van der Waals surface area contributed by atoms with E-state index in [-0.39, 0.29) is 0 Å². The summed E-state index contributed by atoms with van der Waals surface area (Å²) in [4.78, 5) is 13.4. The van der Waals surface area contributed by atoms with Crippen LogP contribution >= 0.6 is 11.9 Å². The topological polar surface area (TPSA) is 41.6 Å². The minimum absolute atomic E-state index is 0.338. The number of halogens is 1. The number of hydrogen-bond donors (Lipinski definition) is 1. The molecule has 0 fully saturated rings. The Morgan fingerprint density at radius 2 is 2.00 bits per heavy atom. The van der Waals surface area contributed by atoms with Gasteiger partial charge in [0.15, 0.2) is 0 Å². The zero-order valence-corrected chi connectivity index (χ0v) is 16.0. The maximum atomic E-state index is 14.7. The summed E-state index contributed by atoms with van der Waals surface area (Å²) in [6.45, 7) is 6.20. The van der Waals surface area contributed by atoms with Crippen LogP contribution in [0.5, 0.6) is 0 Å². The molecule has 1 aliphatic heterocycles. The van der Waals surface area contributed by atoms with Gasteiger partial charge in [-0.3, -0.25) is 4.90 Å². The molecule has 1 heterocycles. The third kappa shape index (κ3) is 3.96. The van der Waals surface area contributed by atoms with Crippen LogP contribution in [0.1, 0.15) is 43.1 Å². The van der Waals surface area contributed by atoms with Gasteiger partial charge in [0, 0.05) is 23.5 Å². The monoisotopic (exact) mass is 374 g/mol. The normalized spacial score (nSPS) is 16.2. The van der Waals surface area contributed by atoms with Crippen molar-refractivity contribution in [3.05, 3.63) is 58.9 Å². The molecule has 138 valence electrons. The first-order valence-electron chi connectivity index (χ1n) is 8.74. The molecule has 1 aliphatic rings. The van der Waals surface area contributed by atoms with Crippen molar-refractivity contribution in [2.24, 2.45) is 0 Å². The summed E-state index contributed by atoms with van der Waals surface area (Å²) >= 11 is 1.50. The number of hydrogen-bond acceptors (Lipinski definition) is 4. The molecule has 0 aromatic heterocycles. The van der Waals surface area contributed by atoms with Gasteiger partial charge in [0.2, 0.25) is 0 Å². The third-order valence-corrected chi connectivity index (χ3v) is 5.15. The molecule has 0 spiro atoms. The maximum Gasteiger partial charge on any atom is 0.414 e. The van der Waals surface area contributed by atoms with Crippen LogP contribution in [0.25, 0.3) is 0 Å². The van der Waals surface area contributed by atoms with Crippen molar-refractivity contribution in [1.29, 1.82) is 0 Å². The Labute approximate surface area is 157 Å². The lowest BCUT2D eigenvalue weighted by molar-refractivity contribution is 0.107. The first-order chi connectivity index (χ1) is 12.5. The summed E-state index contributed by atoms with van der Waals surface area (Å²) in [6.07, 6.45) is -0.224. The van der Waals surface area contributed by atoms with Crippen molar-refractivity contribution >= 4 is 29.4 Å². The van der Waals surface area contributed by atoms with Gasteiger partial charge in [-0.25, -0.2) is 9.18 Å². The quantitative estimate of drug-likeness (QED) is 0.647. The van der Waals surface area contributed by atoms with E-state index in [1.165, 1.54) is 34.0 Å². The number of nitrogens with one attached hydrogen (secondary N) is 1. The average molecular weight is 374 g/mol. The van der Waals surface area contributed by atoms with Gasteiger partial charge in [-0.05, 0) is 49.9 Å². The highest BCUT2D eigenvalue weighted by molar-refractivity contribution is 7.99. The first-order valence-corrected chi connectivity index (χ1v) is 9.73. The Bertz CT molecular complexity index is 795. The fourth-order valence-corrected chi connectivity index (χ4v) is 3.67. The Balaban J connectivity index is 1.76. The van der Waals surface area contributed by atoms with Crippen LogP contribution in [-0.4, -0.2) is 12.6 Å². The van der Waals surface area contributed by atoms with Crippen molar-refractivity contribution in [2.45, 2.75) is 39.0 Å². The summed E-state index contributed by atoms with van der Waals surface area (Å²) in [6, 6.07) is 11.6. The largest absolute Gasteiger partial charge is 0.441 e. The van der Waals surface area contributed by atoms with Crippen LogP contribution in [0.4, 0.5) is 20.6 Å². The first kappa shape index (κ1) is 18.6. The molecule has 1 amide bonds. The molecule has 26 heavy (non-hydrogen) atoms. The van der Waals surface area contributed by atoms with Crippen LogP contribution in [-0.2, 0) is 10.5 Å². The molecule has 0 radical (unpaired) electrons. The van der Waals surface area contributed by atoms with Crippen LogP contribution < -0.4 is 9.62 Å². The zero-order chi connectivity index (χ0) is 18.7. The molecule has 1 N–H and O–H groups in total. The van der Waals surface area contributed by atoms with Crippen molar-refractivity contribution in [3.8, 4) is 0 Å². The number of anilines is 2. The van der Waals surface area contributed by atoms with Crippen LogP contribution in [0.15, 0.2) is 36.4 Å². The van der Waals surface area contributed by atoms with E-state index in [1.54, 1.807) is 6.92 Å². The third-order valence-electron chi connectivity index (χ3n) is 4.30. The minimum atomic E-state index is -0.486. The summed E-state index contributed by atoms with van der Waals surface area (Å²) in [5, 5.41) is 0. The lowest BCUT2D eigenvalue weighted by Crippen LogP contribution is -2.38. The van der Waals surface area contributed by atoms with Gasteiger partial charge in [-0.1, -0.05) is 36.8 Å². The minimum Gasteiger partial charge on any atom is -0.441 e. The Hall–Kier alpha value is -2.21. The highest BCUT2D eigenvalue weighted by Crippen LogP contribution is 2.39. The van der Waals surface area contributed by atoms with Gasteiger partial charge in [-0.2, -0.15) is 0 Å². The molecular formula is C20H23FN2O2S. The molecule has 0 saturated carbocycles. The fourth-order valence-electron chi connectivity index (χ4n) is 2.96. The smallest absolute Gasteiger partial charge is 0.414 e. The van der Waals surface area contributed by atoms with Crippen molar-refractivity contribution in [1.82, 2.24) is 0 Å². The van der Waals surface area contributed by atoms with Gasteiger partial charge in [0.25, 0.3) is 0 Å². The van der Waals surface area contributed by atoms with E-state index < -0.39 is 18.0 Å². The summed E-state index contributed by atoms with van der Waals surface area (Å²) in [7, 11) is 0. The SMILES string of the molecule is CCCN1C(=O)OC(C)c2cc(NSCc3ccc(C)cc3)cc(F)c21. The Morgan fingerprint density at radius 1 is 1.27 bits per heavy atom.